The van der Waals surface area contributed by atoms with Crippen LogP contribution in [-0.4, -0.2) is 0 Å². The van der Waals surface area contributed by atoms with Gasteiger partial charge in [0.2, 0.25) is 0 Å². The molecular formula is C20H17NS. The van der Waals surface area contributed by atoms with Crippen molar-refractivity contribution in [1.82, 2.24) is 0 Å². The number of fused-ring (bicyclic) bond motifs is 5. The monoisotopic (exact) mass is 303 g/mol. The van der Waals surface area contributed by atoms with Crippen LogP contribution in [-0.2, 0) is 0 Å². The quantitative estimate of drug-likeness (QED) is 0.566. The number of anilines is 1. The number of hydrogen-bond donors (Lipinski definition) is 1. The number of rotatable bonds is 1. The van der Waals surface area contributed by atoms with Crippen LogP contribution in [0.15, 0.2) is 66.1 Å². The zero-order valence-electron chi connectivity index (χ0n) is 12.2. The highest BCUT2D eigenvalue weighted by molar-refractivity contribution is 7.10. The summed E-state index contributed by atoms with van der Waals surface area (Å²) in [7, 11) is 0. The highest BCUT2D eigenvalue weighted by atomic mass is 32.1. The Kier molecular flexibility index (Phi) is 2.68. The third kappa shape index (κ3) is 1.71. The molecule has 5 rings (SSSR count). The Morgan fingerprint density at radius 1 is 1.00 bits per heavy atom. The van der Waals surface area contributed by atoms with E-state index in [1.54, 1.807) is 0 Å². The Bertz CT molecular complexity index is 863. The van der Waals surface area contributed by atoms with Crippen molar-refractivity contribution in [2.24, 2.45) is 5.92 Å². The summed E-state index contributed by atoms with van der Waals surface area (Å²) < 4.78 is 0. The zero-order valence-corrected chi connectivity index (χ0v) is 13.0. The average molecular weight is 303 g/mol. The topological polar surface area (TPSA) is 12.0 Å². The van der Waals surface area contributed by atoms with Gasteiger partial charge < -0.3 is 5.32 Å². The molecule has 2 aromatic carbocycles. The molecule has 2 heteroatoms. The molecule has 1 aliphatic carbocycles. The van der Waals surface area contributed by atoms with E-state index < -0.39 is 0 Å². The minimum absolute atomic E-state index is 0.429. The lowest BCUT2D eigenvalue weighted by Gasteiger charge is -2.37. The Balaban J connectivity index is 1.74. The molecule has 0 amide bonds. The first-order valence-corrected chi connectivity index (χ1v) is 8.78. The third-order valence-electron chi connectivity index (χ3n) is 5.11. The minimum atomic E-state index is 0.429. The minimum Gasteiger partial charge on any atom is -0.376 e. The lowest BCUT2D eigenvalue weighted by atomic mass is 9.78. The van der Waals surface area contributed by atoms with Crippen molar-refractivity contribution >= 4 is 27.8 Å². The van der Waals surface area contributed by atoms with Crippen molar-refractivity contribution in [3.8, 4) is 0 Å². The van der Waals surface area contributed by atoms with Crippen molar-refractivity contribution in [3.63, 3.8) is 0 Å². The van der Waals surface area contributed by atoms with Gasteiger partial charge in [0.05, 0.1) is 6.04 Å². The summed E-state index contributed by atoms with van der Waals surface area (Å²) in [6.07, 6.45) is 5.95. The van der Waals surface area contributed by atoms with E-state index in [0.29, 0.717) is 17.9 Å². The highest BCUT2D eigenvalue weighted by Gasteiger charge is 2.38. The van der Waals surface area contributed by atoms with E-state index >= 15 is 0 Å². The van der Waals surface area contributed by atoms with E-state index in [-0.39, 0.29) is 0 Å². The zero-order chi connectivity index (χ0) is 14.5. The summed E-state index contributed by atoms with van der Waals surface area (Å²) in [6.45, 7) is 0. The smallest absolute Gasteiger partial charge is 0.0646 e. The Morgan fingerprint density at radius 3 is 2.86 bits per heavy atom. The van der Waals surface area contributed by atoms with Crippen LogP contribution in [0.1, 0.15) is 28.8 Å². The average Bonchev–Trinajstić information content (AvgIpc) is 3.25. The maximum absolute atomic E-state index is 3.88. The SMILES string of the molecule is C1=CC2c3ccc4ccccc4c3NC(c3cccs3)C2C1. The standard InChI is InChI=1S/C20H17NS/c1-2-6-14-13(5-1)10-11-17-15-7-3-8-16(15)20(21-19(14)17)18-9-4-12-22-18/h1-7,9-12,15-16,20-21H,8H2. The summed E-state index contributed by atoms with van der Waals surface area (Å²) >= 11 is 1.87. The third-order valence-corrected chi connectivity index (χ3v) is 6.07. The van der Waals surface area contributed by atoms with Gasteiger partial charge in [-0.15, -0.1) is 11.3 Å². The Labute approximate surface area is 134 Å². The van der Waals surface area contributed by atoms with Gasteiger partial charge in [-0.2, -0.15) is 0 Å². The lowest BCUT2D eigenvalue weighted by Crippen LogP contribution is -2.28. The molecule has 0 saturated carbocycles. The van der Waals surface area contributed by atoms with Crippen molar-refractivity contribution in [2.75, 3.05) is 5.32 Å². The molecule has 3 unspecified atom stereocenters. The fraction of sp³-hybridized carbons (Fsp3) is 0.200. The molecule has 0 radical (unpaired) electrons. The number of benzene rings is 2. The van der Waals surface area contributed by atoms with E-state index in [1.807, 2.05) is 11.3 Å². The van der Waals surface area contributed by atoms with E-state index in [9.17, 15) is 0 Å². The van der Waals surface area contributed by atoms with Gasteiger partial charge in [0.15, 0.2) is 0 Å². The van der Waals surface area contributed by atoms with E-state index in [4.69, 9.17) is 0 Å². The molecule has 1 aliphatic heterocycles. The van der Waals surface area contributed by atoms with Crippen LogP contribution in [0.25, 0.3) is 10.8 Å². The molecule has 3 atom stereocenters. The first-order valence-electron chi connectivity index (χ1n) is 7.90. The molecule has 22 heavy (non-hydrogen) atoms. The van der Waals surface area contributed by atoms with Crippen LogP contribution in [0, 0.1) is 5.92 Å². The lowest BCUT2D eigenvalue weighted by molar-refractivity contribution is 0.431. The van der Waals surface area contributed by atoms with Crippen LogP contribution in [0.5, 0.6) is 0 Å². The molecule has 0 spiro atoms. The van der Waals surface area contributed by atoms with Gasteiger partial charge >= 0.3 is 0 Å². The van der Waals surface area contributed by atoms with Gasteiger partial charge in [0.25, 0.3) is 0 Å². The molecular weight excluding hydrogens is 286 g/mol. The van der Waals surface area contributed by atoms with Crippen LogP contribution in [0.2, 0.25) is 0 Å². The summed E-state index contributed by atoms with van der Waals surface area (Å²) in [5.74, 6) is 1.19. The van der Waals surface area contributed by atoms with E-state index in [2.05, 4.69) is 71.4 Å². The van der Waals surface area contributed by atoms with Crippen molar-refractivity contribution in [2.45, 2.75) is 18.4 Å². The van der Waals surface area contributed by atoms with Gasteiger partial charge in [0.1, 0.15) is 0 Å². The van der Waals surface area contributed by atoms with Gasteiger partial charge in [-0.1, -0.05) is 54.6 Å². The van der Waals surface area contributed by atoms with E-state index in [1.165, 1.54) is 33.3 Å². The highest BCUT2D eigenvalue weighted by Crippen LogP contribution is 2.52. The molecule has 1 N–H and O–H groups in total. The van der Waals surface area contributed by atoms with Crippen LogP contribution in [0.3, 0.4) is 0 Å². The fourth-order valence-corrected chi connectivity index (χ4v) is 4.94. The fourth-order valence-electron chi connectivity index (χ4n) is 4.09. The van der Waals surface area contributed by atoms with Crippen LogP contribution < -0.4 is 5.32 Å². The first kappa shape index (κ1) is 12.5. The second-order valence-corrected chi connectivity index (χ2v) is 7.22. The normalized spacial score (nSPS) is 25.7. The number of allylic oxidation sites excluding steroid dienone is 2. The summed E-state index contributed by atoms with van der Waals surface area (Å²) in [4.78, 5) is 1.46. The molecule has 108 valence electrons. The molecule has 2 heterocycles. The molecule has 0 bridgehead atoms. The van der Waals surface area contributed by atoms with E-state index in [0.717, 1.165) is 0 Å². The number of hydrogen-bond acceptors (Lipinski definition) is 2. The predicted molar refractivity (Wildman–Crippen MR) is 94.6 cm³/mol. The number of nitrogens with one attached hydrogen (secondary N) is 1. The summed E-state index contributed by atoms with van der Waals surface area (Å²) in [5.41, 5.74) is 2.80. The van der Waals surface area contributed by atoms with Gasteiger partial charge in [-0.25, -0.2) is 0 Å². The van der Waals surface area contributed by atoms with Crippen molar-refractivity contribution in [3.05, 3.63) is 76.5 Å². The number of thiophene rings is 1. The largest absolute Gasteiger partial charge is 0.376 e. The van der Waals surface area contributed by atoms with Gasteiger partial charge in [0, 0.05) is 21.9 Å². The second kappa shape index (κ2) is 4.72. The summed E-state index contributed by atoms with van der Waals surface area (Å²) in [5, 5.41) is 8.74. The maximum atomic E-state index is 3.88. The van der Waals surface area contributed by atoms with Crippen LogP contribution in [0.4, 0.5) is 5.69 Å². The van der Waals surface area contributed by atoms with Gasteiger partial charge in [-0.3, -0.25) is 0 Å². The molecule has 0 saturated heterocycles. The van der Waals surface area contributed by atoms with Crippen LogP contribution >= 0.6 is 11.3 Å². The second-order valence-electron chi connectivity index (χ2n) is 6.24. The Morgan fingerprint density at radius 2 is 1.95 bits per heavy atom. The molecule has 1 nitrogen and oxygen atoms in total. The van der Waals surface area contributed by atoms with Crippen molar-refractivity contribution < 1.29 is 0 Å². The predicted octanol–water partition coefficient (Wildman–Crippen LogP) is 5.73. The van der Waals surface area contributed by atoms with Crippen molar-refractivity contribution in [1.29, 1.82) is 0 Å². The Hall–Kier alpha value is -2.06. The molecule has 3 aromatic rings. The first-order chi connectivity index (χ1) is 10.9. The maximum Gasteiger partial charge on any atom is 0.0646 e. The van der Waals surface area contributed by atoms with Gasteiger partial charge in [-0.05, 0) is 34.7 Å². The molecule has 0 fully saturated rings. The molecule has 2 aliphatic rings. The summed E-state index contributed by atoms with van der Waals surface area (Å²) in [6, 6.07) is 18.2. The molecule has 1 aromatic heterocycles.